The van der Waals surface area contributed by atoms with E-state index in [0.717, 1.165) is 28.9 Å². The van der Waals surface area contributed by atoms with Gasteiger partial charge in [0.1, 0.15) is 0 Å². The lowest BCUT2D eigenvalue weighted by Gasteiger charge is -2.27. The van der Waals surface area contributed by atoms with Crippen LogP contribution in [0.5, 0.6) is 0 Å². The van der Waals surface area contributed by atoms with Gasteiger partial charge in [-0.15, -0.1) is 0 Å². The Bertz CT molecular complexity index is 1390. The maximum absolute atomic E-state index is 12.9. The number of nitrogens with one attached hydrogen (secondary N) is 1. The van der Waals surface area contributed by atoms with E-state index in [2.05, 4.69) is 30.1 Å². The molecule has 1 aliphatic rings. The molecule has 0 unspecified atom stereocenters. The Balaban J connectivity index is 1.45. The highest BCUT2D eigenvalue weighted by Crippen LogP contribution is 2.38. The molecular formula is C28H30N4O3S. The van der Waals surface area contributed by atoms with Gasteiger partial charge in [0.2, 0.25) is 0 Å². The molecule has 4 rings (SSSR count). The molecule has 2 heterocycles. The average molecular weight is 503 g/mol. The van der Waals surface area contributed by atoms with Gasteiger partial charge in [-0.25, -0.2) is 8.42 Å². The predicted molar refractivity (Wildman–Crippen MR) is 138 cm³/mol. The summed E-state index contributed by atoms with van der Waals surface area (Å²) in [7, 11) is -3.25. The molecule has 0 spiro atoms. The molecule has 2 aromatic carbocycles. The first-order valence-corrected chi connectivity index (χ1v) is 13.7. The van der Waals surface area contributed by atoms with Crippen molar-refractivity contribution < 1.29 is 13.2 Å². The van der Waals surface area contributed by atoms with Crippen molar-refractivity contribution in [2.24, 2.45) is 5.92 Å². The van der Waals surface area contributed by atoms with Crippen LogP contribution < -0.4 is 5.32 Å². The van der Waals surface area contributed by atoms with Crippen LogP contribution in [0.4, 0.5) is 0 Å². The molecule has 0 saturated carbocycles. The number of amides is 1. The molecule has 0 bridgehead atoms. The highest BCUT2D eigenvalue weighted by Gasteiger charge is 2.34. The summed E-state index contributed by atoms with van der Waals surface area (Å²) in [5.41, 5.74) is 5.14. The average Bonchev–Trinajstić information content (AvgIpc) is 3.25. The lowest BCUT2D eigenvalue weighted by molar-refractivity contribution is 0.0950. The normalized spacial score (nSPS) is 15.5. The molecule has 7 nitrogen and oxygen atoms in total. The van der Waals surface area contributed by atoms with Gasteiger partial charge in [0.15, 0.2) is 9.84 Å². The molecule has 1 aliphatic heterocycles. The number of rotatable bonds is 8. The van der Waals surface area contributed by atoms with E-state index in [9.17, 15) is 13.2 Å². The number of carbonyl (C=O) groups excluding carboxylic acids is 1. The molecule has 1 aromatic heterocycles. The first-order chi connectivity index (χ1) is 17.2. The Morgan fingerprint density at radius 2 is 1.81 bits per heavy atom. The molecule has 36 heavy (non-hydrogen) atoms. The van der Waals surface area contributed by atoms with Crippen molar-refractivity contribution in [3.8, 4) is 6.07 Å². The van der Waals surface area contributed by atoms with Gasteiger partial charge in [-0.05, 0) is 52.9 Å². The number of benzene rings is 2. The third-order valence-electron chi connectivity index (χ3n) is 6.53. The zero-order valence-electron chi connectivity index (χ0n) is 20.7. The lowest BCUT2D eigenvalue weighted by Crippen LogP contribution is -2.25. The maximum atomic E-state index is 12.9. The van der Waals surface area contributed by atoms with E-state index < -0.39 is 9.84 Å². The van der Waals surface area contributed by atoms with Crippen molar-refractivity contribution in [2.45, 2.75) is 51.3 Å². The van der Waals surface area contributed by atoms with Gasteiger partial charge in [-0.1, -0.05) is 45.0 Å². The second-order valence-corrected chi connectivity index (χ2v) is 11.7. The molecule has 8 heteroatoms. The molecule has 0 radical (unpaired) electrons. The van der Waals surface area contributed by atoms with E-state index >= 15 is 0 Å². The number of hydrogen-bond acceptors (Lipinski definition) is 6. The van der Waals surface area contributed by atoms with Crippen LogP contribution in [0.2, 0.25) is 0 Å². The van der Waals surface area contributed by atoms with E-state index in [1.807, 2.05) is 30.3 Å². The standard InChI is InChI=1S/C28H30N4O3S/c1-4-36(34,35)25-11-9-21(10-12-25)15-31-28(33)23-13-24-18-32(27(19(2)3)26(24)30-16-23)17-22-7-5-20(14-29)6-8-22/h5-13,16,19,27H,4,15,17-18H2,1-3H3,(H,31,33)/t27-/m0/s1. The summed E-state index contributed by atoms with van der Waals surface area (Å²) in [4.78, 5) is 20.2. The number of nitrogens with zero attached hydrogens (tertiary/aromatic N) is 3. The van der Waals surface area contributed by atoms with E-state index in [-0.39, 0.29) is 22.6 Å². The fourth-order valence-corrected chi connectivity index (χ4v) is 5.49. The van der Waals surface area contributed by atoms with Gasteiger partial charge in [0.05, 0.1) is 39.6 Å². The molecule has 1 N–H and O–H groups in total. The summed E-state index contributed by atoms with van der Waals surface area (Å²) in [6.07, 6.45) is 1.63. The summed E-state index contributed by atoms with van der Waals surface area (Å²) in [5, 5.41) is 12.0. The largest absolute Gasteiger partial charge is 0.348 e. The quantitative estimate of drug-likeness (QED) is 0.490. The van der Waals surface area contributed by atoms with E-state index in [4.69, 9.17) is 10.2 Å². The van der Waals surface area contributed by atoms with E-state index in [1.54, 1.807) is 37.4 Å². The van der Waals surface area contributed by atoms with Crippen molar-refractivity contribution in [3.63, 3.8) is 0 Å². The number of nitriles is 1. The Kier molecular flexibility index (Phi) is 7.53. The van der Waals surface area contributed by atoms with Crippen LogP contribution in [-0.4, -0.2) is 30.0 Å². The smallest absolute Gasteiger partial charge is 0.253 e. The zero-order valence-corrected chi connectivity index (χ0v) is 21.5. The van der Waals surface area contributed by atoms with Crippen LogP contribution in [0.15, 0.2) is 65.7 Å². The van der Waals surface area contributed by atoms with Crippen LogP contribution >= 0.6 is 0 Å². The monoisotopic (exact) mass is 502 g/mol. The fourth-order valence-electron chi connectivity index (χ4n) is 4.60. The SMILES string of the molecule is CCS(=O)(=O)c1ccc(CNC(=O)c2cnc3c(c2)CN(Cc2ccc(C#N)cc2)[C@H]3C(C)C)cc1. The minimum absolute atomic E-state index is 0.0526. The molecule has 1 atom stereocenters. The summed E-state index contributed by atoms with van der Waals surface area (Å²) < 4.78 is 24.0. The first-order valence-electron chi connectivity index (χ1n) is 12.0. The number of carbonyl (C=O) groups is 1. The number of fused-ring (bicyclic) bond motifs is 1. The van der Waals surface area contributed by atoms with Crippen LogP contribution in [0.1, 0.15) is 65.1 Å². The van der Waals surface area contributed by atoms with Gasteiger partial charge in [0.25, 0.3) is 5.91 Å². The van der Waals surface area contributed by atoms with Crippen LogP contribution in [0.3, 0.4) is 0 Å². The van der Waals surface area contributed by atoms with Gasteiger partial charge >= 0.3 is 0 Å². The fraction of sp³-hybridized carbons (Fsp3) is 0.321. The van der Waals surface area contributed by atoms with Crippen LogP contribution in [-0.2, 0) is 29.5 Å². The van der Waals surface area contributed by atoms with Crippen LogP contribution in [0.25, 0.3) is 0 Å². The first kappa shape index (κ1) is 25.5. The Hall–Kier alpha value is -3.54. The summed E-state index contributed by atoms with van der Waals surface area (Å²) in [6.45, 7) is 7.68. The van der Waals surface area contributed by atoms with Crippen molar-refractivity contribution in [3.05, 3.63) is 94.3 Å². The van der Waals surface area contributed by atoms with E-state index in [1.165, 1.54) is 0 Å². The topological polar surface area (TPSA) is 103 Å². The number of sulfone groups is 1. The summed E-state index contributed by atoms with van der Waals surface area (Å²) in [6, 6.07) is 18.4. The molecular weight excluding hydrogens is 472 g/mol. The highest BCUT2D eigenvalue weighted by molar-refractivity contribution is 7.91. The highest BCUT2D eigenvalue weighted by atomic mass is 32.2. The van der Waals surface area contributed by atoms with Gasteiger partial charge < -0.3 is 5.32 Å². The molecule has 0 saturated heterocycles. The lowest BCUT2D eigenvalue weighted by atomic mass is 9.99. The summed E-state index contributed by atoms with van der Waals surface area (Å²) in [5.74, 6) is 0.176. The molecule has 3 aromatic rings. The zero-order chi connectivity index (χ0) is 25.9. The molecule has 1 amide bonds. The minimum Gasteiger partial charge on any atom is -0.348 e. The molecule has 186 valence electrons. The van der Waals surface area contributed by atoms with Crippen molar-refractivity contribution in [1.82, 2.24) is 15.2 Å². The second kappa shape index (κ2) is 10.6. The van der Waals surface area contributed by atoms with Gasteiger partial charge in [-0.3, -0.25) is 14.7 Å². The Morgan fingerprint density at radius 3 is 2.42 bits per heavy atom. The van der Waals surface area contributed by atoms with E-state index in [0.29, 0.717) is 30.1 Å². The van der Waals surface area contributed by atoms with Crippen molar-refractivity contribution >= 4 is 15.7 Å². The van der Waals surface area contributed by atoms with Gasteiger partial charge in [-0.2, -0.15) is 5.26 Å². The number of hydrogen-bond donors (Lipinski definition) is 1. The Morgan fingerprint density at radius 1 is 1.14 bits per heavy atom. The molecule has 0 aliphatic carbocycles. The third-order valence-corrected chi connectivity index (χ3v) is 8.28. The number of pyridine rings is 1. The van der Waals surface area contributed by atoms with Crippen molar-refractivity contribution in [1.29, 1.82) is 5.26 Å². The second-order valence-electron chi connectivity index (χ2n) is 9.40. The molecule has 0 fully saturated rings. The predicted octanol–water partition coefficient (Wildman–Crippen LogP) is 4.39. The minimum atomic E-state index is -3.25. The summed E-state index contributed by atoms with van der Waals surface area (Å²) >= 11 is 0. The Labute approximate surface area is 212 Å². The van der Waals surface area contributed by atoms with Crippen LogP contribution in [0, 0.1) is 17.2 Å². The maximum Gasteiger partial charge on any atom is 0.253 e. The third kappa shape index (κ3) is 5.48. The van der Waals surface area contributed by atoms with Crippen molar-refractivity contribution in [2.75, 3.05) is 5.75 Å². The van der Waals surface area contributed by atoms with Gasteiger partial charge in [0, 0.05) is 25.8 Å². The number of aromatic nitrogens is 1.